The second-order valence-corrected chi connectivity index (χ2v) is 7.32. The molecule has 0 aromatic heterocycles. The van der Waals surface area contributed by atoms with Crippen molar-refractivity contribution in [2.45, 2.75) is 17.7 Å². The summed E-state index contributed by atoms with van der Waals surface area (Å²) in [6.45, 7) is 0. The molecule has 0 saturated heterocycles. The Morgan fingerprint density at radius 1 is 1.05 bits per heavy atom. The van der Waals surface area contributed by atoms with Crippen LogP contribution < -0.4 is 9.50 Å². The lowest BCUT2D eigenvalue weighted by Gasteiger charge is -2.17. The molecule has 114 valence electrons. The molecule has 0 radical (unpaired) electrons. The van der Waals surface area contributed by atoms with Gasteiger partial charge in [0.15, 0.2) is 0 Å². The van der Waals surface area contributed by atoms with Gasteiger partial charge in [0.1, 0.15) is 10.6 Å². The van der Waals surface area contributed by atoms with Gasteiger partial charge in [0.25, 0.3) is 0 Å². The smallest absolute Gasteiger partial charge is 0.339 e. The lowest BCUT2D eigenvalue weighted by Crippen LogP contribution is -2.19. The van der Waals surface area contributed by atoms with Gasteiger partial charge in [-0.2, -0.15) is 8.42 Å². The van der Waals surface area contributed by atoms with E-state index < -0.39 is 10.1 Å². The number of benzene rings is 2. The lowest BCUT2D eigenvalue weighted by molar-refractivity contribution is -0.116. The number of hydrogen-bond donors (Lipinski definition) is 1. The van der Waals surface area contributed by atoms with Crippen molar-refractivity contribution in [3.8, 4) is 5.75 Å². The van der Waals surface area contributed by atoms with Crippen LogP contribution in [0, 0.1) is 0 Å². The highest BCUT2D eigenvalue weighted by Crippen LogP contribution is 2.28. The SMILES string of the molecule is O=C1CCc2cc(OS(=O)(=O)c3ccc(Br)cc3)ccc2N1. The van der Waals surface area contributed by atoms with Gasteiger partial charge in [0.05, 0.1) is 0 Å². The van der Waals surface area contributed by atoms with Crippen molar-refractivity contribution < 1.29 is 17.4 Å². The highest BCUT2D eigenvalue weighted by molar-refractivity contribution is 9.10. The Bertz CT molecular complexity index is 831. The Kier molecular flexibility index (Phi) is 3.92. The van der Waals surface area contributed by atoms with Gasteiger partial charge in [0.2, 0.25) is 5.91 Å². The van der Waals surface area contributed by atoms with Gasteiger partial charge in [-0.3, -0.25) is 4.79 Å². The van der Waals surface area contributed by atoms with E-state index in [9.17, 15) is 13.2 Å². The van der Waals surface area contributed by atoms with Crippen LogP contribution in [0.25, 0.3) is 0 Å². The number of halogens is 1. The Morgan fingerprint density at radius 2 is 1.77 bits per heavy atom. The van der Waals surface area contributed by atoms with Crippen molar-refractivity contribution >= 4 is 37.6 Å². The Balaban J connectivity index is 1.86. The van der Waals surface area contributed by atoms with E-state index in [4.69, 9.17) is 4.18 Å². The molecule has 1 aliphatic rings. The van der Waals surface area contributed by atoms with Crippen LogP contribution >= 0.6 is 15.9 Å². The molecular weight excluding hydrogens is 370 g/mol. The third-order valence-corrected chi connectivity index (χ3v) is 5.07. The first-order valence-electron chi connectivity index (χ1n) is 6.57. The molecule has 1 heterocycles. The highest BCUT2D eigenvalue weighted by atomic mass is 79.9. The fourth-order valence-electron chi connectivity index (χ4n) is 2.19. The van der Waals surface area contributed by atoms with Crippen molar-refractivity contribution in [1.29, 1.82) is 0 Å². The Hall–Kier alpha value is -1.86. The van der Waals surface area contributed by atoms with Gasteiger partial charge in [-0.25, -0.2) is 0 Å². The molecule has 7 heteroatoms. The quantitative estimate of drug-likeness (QED) is 0.829. The van der Waals surface area contributed by atoms with Crippen LogP contribution in [-0.2, 0) is 21.3 Å². The van der Waals surface area contributed by atoms with Gasteiger partial charge < -0.3 is 9.50 Å². The van der Waals surface area contributed by atoms with E-state index in [0.29, 0.717) is 18.5 Å². The Labute approximate surface area is 136 Å². The first-order chi connectivity index (χ1) is 10.4. The van der Waals surface area contributed by atoms with Crippen molar-refractivity contribution in [2.75, 3.05) is 5.32 Å². The van der Waals surface area contributed by atoms with Gasteiger partial charge in [0, 0.05) is 16.6 Å². The summed E-state index contributed by atoms with van der Waals surface area (Å²) in [6, 6.07) is 11.0. The standard InChI is InChI=1S/C15H12BrNO4S/c16-11-2-5-13(6-3-11)22(19,20)21-12-4-7-14-10(9-12)1-8-15(18)17-14/h2-7,9H,1,8H2,(H,17,18). The minimum atomic E-state index is -3.88. The monoisotopic (exact) mass is 381 g/mol. The fraction of sp³-hybridized carbons (Fsp3) is 0.133. The molecule has 0 fully saturated rings. The van der Waals surface area contributed by atoms with Crippen molar-refractivity contribution in [3.05, 3.63) is 52.5 Å². The molecule has 0 bridgehead atoms. The summed E-state index contributed by atoms with van der Waals surface area (Å²) >= 11 is 3.25. The maximum Gasteiger partial charge on any atom is 0.339 e. The molecule has 3 rings (SSSR count). The number of carbonyl (C=O) groups excluding carboxylic acids is 1. The molecule has 1 N–H and O–H groups in total. The molecular formula is C15H12BrNO4S. The molecule has 0 atom stereocenters. The van der Waals surface area contributed by atoms with Crippen molar-refractivity contribution in [3.63, 3.8) is 0 Å². The molecule has 2 aromatic rings. The van der Waals surface area contributed by atoms with E-state index in [2.05, 4.69) is 21.2 Å². The molecule has 0 spiro atoms. The predicted molar refractivity (Wildman–Crippen MR) is 85.3 cm³/mol. The van der Waals surface area contributed by atoms with E-state index in [0.717, 1.165) is 10.0 Å². The minimum absolute atomic E-state index is 0.0383. The number of amides is 1. The van der Waals surface area contributed by atoms with E-state index in [-0.39, 0.29) is 16.6 Å². The second-order valence-electron chi connectivity index (χ2n) is 4.86. The van der Waals surface area contributed by atoms with Crippen LogP contribution in [0.1, 0.15) is 12.0 Å². The van der Waals surface area contributed by atoms with E-state index in [1.807, 2.05) is 0 Å². The largest absolute Gasteiger partial charge is 0.379 e. The van der Waals surface area contributed by atoms with Crippen molar-refractivity contribution in [2.24, 2.45) is 0 Å². The summed E-state index contributed by atoms with van der Waals surface area (Å²) in [5.41, 5.74) is 1.56. The van der Waals surface area contributed by atoms with Gasteiger partial charge >= 0.3 is 10.1 Å². The summed E-state index contributed by atoms with van der Waals surface area (Å²) < 4.78 is 30.4. The van der Waals surface area contributed by atoms with Gasteiger partial charge in [-0.1, -0.05) is 15.9 Å². The summed E-state index contributed by atoms with van der Waals surface area (Å²) in [4.78, 5) is 11.4. The van der Waals surface area contributed by atoms with E-state index in [1.165, 1.54) is 18.2 Å². The fourth-order valence-corrected chi connectivity index (χ4v) is 3.37. The molecule has 0 aliphatic carbocycles. The Morgan fingerprint density at radius 3 is 2.50 bits per heavy atom. The van der Waals surface area contributed by atoms with Gasteiger partial charge in [-0.15, -0.1) is 0 Å². The highest BCUT2D eigenvalue weighted by Gasteiger charge is 2.19. The molecule has 1 aliphatic heterocycles. The van der Waals surface area contributed by atoms with Crippen LogP contribution in [-0.4, -0.2) is 14.3 Å². The average Bonchev–Trinajstić information content (AvgIpc) is 2.47. The van der Waals surface area contributed by atoms with Crippen LogP contribution in [0.5, 0.6) is 5.75 Å². The minimum Gasteiger partial charge on any atom is -0.379 e. The third kappa shape index (κ3) is 3.15. The maximum atomic E-state index is 12.2. The van der Waals surface area contributed by atoms with E-state index in [1.54, 1.807) is 24.3 Å². The van der Waals surface area contributed by atoms with Gasteiger partial charge in [-0.05, 0) is 54.4 Å². The summed E-state index contributed by atoms with van der Waals surface area (Å²) in [5.74, 6) is 0.196. The molecule has 2 aromatic carbocycles. The number of anilines is 1. The topological polar surface area (TPSA) is 72.5 Å². The van der Waals surface area contributed by atoms with Crippen LogP contribution in [0.4, 0.5) is 5.69 Å². The zero-order chi connectivity index (χ0) is 15.7. The molecule has 22 heavy (non-hydrogen) atoms. The number of aryl methyl sites for hydroxylation is 1. The maximum absolute atomic E-state index is 12.2. The number of fused-ring (bicyclic) bond motifs is 1. The molecule has 5 nitrogen and oxygen atoms in total. The van der Waals surface area contributed by atoms with Crippen LogP contribution in [0.3, 0.4) is 0 Å². The molecule has 0 saturated carbocycles. The first-order valence-corrected chi connectivity index (χ1v) is 8.77. The second kappa shape index (κ2) is 5.73. The van der Waals surface area contributed by atoms with Crippen molar-refractivity contribution in [1.82, 2.24) is 0 Å². The average molecular weight is 382 g/mol. The summed E-state index contributed by atoms with van der Waals surface area (Å²) in [6.07, 6.45) is 0.951. The molecule has 1 amide bonds. The third-order valence-electron chi connectivity index (χ3n) is 3.28. The van der Waals surface area contributed by atoms with E-state index >= 15 is 0 Å². The molecule has 0 unspecified atom stereocenters. The number of rotatable bonds is 3. The number of carbonyl (C=O) groups is 1. The predicted octanol–water partition coefficient (Wildman–Crippen LogP) is 3.10. The van der Waals surface area contributed by atoms with Crippen LogP contribution in [0.15, 0.2) is 51.8 Å². The summed E-state index contributed by atoms with van der Waals surface area (Å²) in [7, 11) is -3.88. The summed E-state index contributed by atoms with van der Waals surface area (Å²) in [5, 5.41) is 2.74. The number of hydrogen-bond acceptors (Lipinski definition) is 4. The zero-order valence-corrected chi connectivity index (χ0v) is 13.8. The first kappa shape index (κ1) is 15.1. The number of nitrogens with one attached hydrogen (secondary N) is 1. The zero-order valence-electron chi connectivity index (χ0n) is 11.4. The lowest BCUT2D eigenvalue weighted by atomic mass is 10.0. The van der Waals surface area contributed by atoms with Crippen LogP contribution in [0.2, 0.25) is 0 Å². The normalized spacial score (nSPS) is 14.1.